The Morgan fingerprint density at radius 2 is 2.19 bits per heavy atom. The molecule has 1 saturated heterocycles. The average Bonchev–Trinajstić information content (AvgIpc) is 2.68. The van der Waals surface area contributed by atoms with Gasteiger partial charge in [-0.05, 0) is 43.9 Å². The summed E-state index contributed by atoms with van der Waals surface area (Å²) < 4.78 is 18.9. The van der Waals surface area contributed by atoms with E-state index in [9.17, 15) is 9.50 Å². The van der Waals surface area contributed by atoms with Gasteiger partial charge in [-0.15, -0.1) is 0 Å². The van der Waals surface area contributed by atoms with Crippen LogP contribution in [0.5, 0.6) is 0 Å². The molecule has 3 unspecified atom stereocenters. The molecule has 1 aromatic carbocycles. The van der Waals surface area contributed by atoms with Crippen LogP contribution >= 0.6 is 0 Å². The van der Waals surface area contributed by atoms with Crippen molar-refractivity contribution < 1.29 is 14.2 Å². The maximum atomic E-state index is 13.4. The van der Waals surface area contributed by atoms with Crippen LogP contribution in [0.15, 0.2) is 18.2 Å². The molecule has 1 aliphatic rings. The molecule has 1 fully saturated rings. The molecule has 2 nitrogen and oxygen atoms in total. The van der Waals surface area contributed by atoms with Gasteiger partial charge in [-0.1, -0.05) is 12.1 Å². The van der Waals surface area contributed by atoms with E-state index >= 15 is 0 Å². The summed E-state index contributed by atoms with van der Waals surface area (Å²) in [6.45, 7) is 3.70. The van der Waals surface area contributed by atoms with Crippen molar-refractivity contribution in [3.8, 4) is 0 Å². The van der Waals surface area contributed by atoms with Crippen LogP contribution in [0.3, 0.4) is 0 Å². The molecule has 0 aliphatic carbocycles. The van der Waals surface area contributed by atoms with Gasteiger partial charge in [0.2, 0.25) is 0 Å². The summed E-state index contributed by atoms with van der Waals surface area (Å²) in [6.07, 6.45) is 1.06. The second kappa shape index (κ2) is 4.52. The first-order valence-electron chi connectivity index (χ1n) is 5.67. The van der Waals surface area contributed by atoms with Crippen molar-refractivity contribution in [1.29, 1.82) is 0 Å². The SMILES string of the molecule is Cc1ccc(C(O)C2CCC(C)O2)cc1F. The van der Waals surface area contributed by atoms with Gasteiger partial charge >= 0.3 is 0 Å². The number of hydrogen-bond donors (Lipinski definition) is 1. The summed E-state index contributed by atoms with van der Waals surface area (Å²) in [6, 6.07) is 4.84. The Bertz CT molecular complexity index is 378. The van der Waals surface area contributed by atoms with Crippen LogP contribution in [0.25, 0.3) is 0 Å². The van der Waals surface area contributed by atoms with E-state index in [1.807, 2.05) is 6.92 Å². The Balaban J connectivity index is 2.14. The van der Waals surface area contributed by atoms with Crippen LogP contribution in [0.4, 0.5) is 4.39 Å². The van der Waals surface area contributed by atoms with Crippen LogP contribution in [-0.2, 0) is 4.74 Å². The molecule has 0 bridgehead atoms. The normalized spacial score (nSPS) is 27.0. The first-order valence-corrected chi connectivity index (χ1v) is 5.67. The van der Waals surface area contributed by atoms with Gasteiger partial charge in [0.25, 0.3) is 0 Å². The predicted molar refractivity (Wildman–Crippen MR) is 59.7 cm³/mol. The lowest BCUT2D eigenvalue weighted by atomic mass is 10.0. The lowest BCUT2D eigenvalue weighted by Crippen LogP contribution is -2.18. The second-order valence-corrected chi connectivity index (χ2v) is 4.52. The molecule has 1 N–H and O–H groups in total. The minimum Gasteiger partial charge on any atom is -0.386 e. The molecule has 0 aromatic heterocycles. The lowest BCUT2D eigenvalue weighted by molar-refractivity contribution is -0.0298. The largest absolute Gasteiger partial charge is 0.386 e. The number of halogens is 1. The van der Waals surface area contributed by atoms with Gasteiger partial charge in [0.1, 0.15) is 11.9 Å². The summed E-state index contributed by atoms with van der Waals surface area (Å²) in [5.74, 6) is -0.275. The smallest absolute Gasteiger partial charge is 0.126 e. The molecule has 1 aromatic rings. The summed E-state index contributed by atoms with van der Waals surface area (Å²) in [5, 5.41) is 10.1. The molecule has 3 atom stereocenters. The summed E-state index contributed by atoms with van der Waals surface area (Å²) in [5.41, 5.74) is 1.19. The van der Waals surface area contributed by atoms with E-state index in [2.05, 4.69) is 0 Å². The number of rotatable bonds is 2. The number of ether oxygens (including phenoxy) is 1. The van der Waals surface area contributed by atoms with Gasteiger partial charge in [0, 0.05) is 0 Å². The van der Waals surface area contributed by atoms with E-state index < -0.39 is 6.10 Å². The molecule has 88 valence electrons. The Labute approximate surface area is 95.1 Å². The molecule has 16 heavy (non-hydrogen) atoms. The van der Waals surface area contributed by atoms with Crippen LogP contribution in [-0.4, -0.2) is 17.3 Å². The first kappa shape index (κ1) is 11.6. The zero-order chi connectivity index (χ0) is 11.7. The third-order valence-electron chi connectivity index (χ3n) is 3.15. The fourth-order valence-corrected chi connectivity index (χ4v) is 2.07. The van der Waals surface area contributed by atoms with Crippen molar-refractivity contribution in [1.82, 2.24) is 0 Å². The molecule has 0 saturated carbocycles. The van der Waals surface area contributed by atoms with Gasteiger partial charge in [0.15, 0.2) is 0 Å². The molecular weight excluding hydrogens is 207 g/mol. The van der Waals surface area contributed by atoms with Crippen LogP contribution < -0.4 is 0 Å². The molecule has 0 amide bonds. The van der Waals surface area contributed by atoms with Crippen molar-refractivity contribution >= 4 is 0 Å². The van der Waals surface area contributed by atoms with Crippen molar-refractivity contribution in [3.63, 3.8) is 0 Å². The van der Waals surface area contributed by atoms with E-state index in [0.29, 0.717) is 11.1 Å². The topological polar surface area (TPSA) is 29.5 Å². The minimum atomic E-state index is -0.722. The zero-order valence-electron chi connectivity index (χ0n) is 9.61. The zero-order valence-corrected chi connectivity index (χ0v) is 9.61. The summed E-state index contributed by atoms with van der Waals surface area (Å²) in [4.78, 5) is 0. The Morgan fingerprint density at radius 3 is 2.75 bits per heavy atom. The van der Waals surface area contributed by atoms with Gasteiger partial charge in [-0.25, -0.2) is 4.39 Å². The van der Waals surface area contributed by atoms with E-state index in [1.165, 1.54) is 6.07 Å². The third-order valence-corrected chi connectivity index (χ3v) is 3.15. The van der Waals surface area contributed by atoms with Gasteiger partial charge in [-0.3, -0.25) is 0 Å². The van der Waals surface area contributed by atoms with E-state index in [-0.39, 0.29) is 18.0 Å². The molecule has 1 aliphatic heterocycles. The quantitative estimate of drug-likeness (QED) is 0.837. The molecular formula is C13H17FO2. The van der Waals surface area contributed by atoms with Crippen molar-refractivity contribution in [2.75, 3.05) is 0 Å². The Hall–Kier alpha value is -0.930. The van der Waals surface area contributed by atoms with Crippen molar-refractivity contribution in [3.05, 3.63) is 35.1 Å². The molecule has 0 spiro atoms. The van der Waals surface area contributed by atoms with Crippen LogP contribution in [0.2, 0.25) is 0 Å². The number of benzene rings is 1. The number of aryl methyl sites for hydroxylation is 1. The van der Waals surface area contributed by atoms with Gasteiger partial charge in [-0.2, -0.15) is 0 Å². The highest BCUT2D eigenvalue weighted by Gasteiger charge is 2.29. The minimum absolute atomic E-state index is 0.190. The maximum absolute atomic E-state index is 13.4. The molecule has 0 radical (unpaired) electrons. The van der Waals surface area contributed by atoms with Gasteiger partial charge < -0.3 is 9.84 Å². The van der Waals surface area contributed by atoms with Crippen molar-refractivity contribution in [2.45, 2.75) is 45.0 Å². The number of hydrogen-bond acceptors (Lipinski definition) is 2. The number of aliphatic hydroxyl groups excluding tert-OH is 1. The summed E-state index contributed by atoms with van der Waals surface area (Å²) >= 11 is 0. The van der Waals surface area contributed by atoms with Gasteiger partial charge in [0.05, 0.1) is 12.2 Å². The highest BCUT2D eigenvalue weighted by molar-refractivity contribution is 5.25. The van der Waals surface area contributed by atoms with Crippen molar-refractivity contribution in [2.24, 2.45) is 0 Å². The lowest BCUT2D eigenvalue weighted by Gasteiger charge is -2.19. The van der Waals surface area contributed by atoms with E-state index in [0.717, 1.165) is 12.8 Å². The predicted octanol–water partition coefficient (Wildman–Crippen LogP) is 2.74. The molecule has 2 rings (SSSR count). The average molecular weight is 224 g/mol. The number of aliphatic hydroxyl groups is 1. The Kier molecular flexibility index (Phi) is 3.26. The standard InChI is InChI=1S/C13H17FO2/c1-8-3-5-10(7-11(8)14)13(15)12-6-4-9(2)16-12/h3,5,7,9,12-13,15H,4,6H2,1-2H3. The van der Waals surface area contributed by atoms with Crippen LogP contribution in [0, 0.1) is 12.7 Å². The maximum Gasteiger partial charge on any atom is 0.126 e. The van der Waals surface area contributed by atoms with Crippen LogP contribution in [0.1, 0.15) is 37.0 Å². The first-order chi connectivity index (χ1) is 7.58. The summed E-state index contributed by atoms with van der Waals surface area (Å²) in [7, 11) is 0. The highest BCUT2D eigenvalue weighted by Crippen LogP contribution is 2.30. The van der Waals surface area contributed by atoms with E-state index in [4.69, 9.17) is 4.74 Å². The monoisotopic (exact) mass is 224 g/mol. The Morgan fingerprint density at radius 1 is 1.44 bits per heavy atom. The molecule has 3 heteroatoms. The van der Waals surface area contributed by atoms with E-state index in [1.54, 1.807) is 19.1 Å². The molecule has 1 heterocycles. The second-order valence-electron chi connectivity index (χ2n) is 4.52. The third kappa shape index (κ3) is 2.25. The fourth-order valence-electron chi connectivity index (χ4n) is 2.07. The highest BCUT2D eigenvalue weighted by atomic mass is 19.1. The fraction of sp³-hybridized carbons (Fsp3) is 0.538.